The van der Waals surface area contributed by atoms with E-state index in [2.05, 4.69) is 41.6 Å². The third kappa shape index (κ3) is 3.10. The van der Waals surface area contributed by atoms with Crippen LogP contribution in [0.15, 0.2) is 0 Å². The van der Waals surface area contributed by atoms with Crippen LogP contribution in [0.3, 0.4) is 0 Å². The first kappa shape index (κ1) is 14.9. The molecule has 1 saturated heterocycles. The number of nitrogens with one attached hydrogen (secondary N) is 3. The van der Waals surface area contributed by atoms with Gasteiger partial charge in [-0.25, -0.2) is 0 Å². The van der Waals surface area contributed by atoms with Gasteiger partial charge in [0.25, 0.3) is 0 Å². The number of fused-ring (bicyclic) bond motifs is 1. The summed E-state index contributed by atoms with van der Waals surface area (Å²) in [6, 6.07) is 0.582. The van der Waals surface area contributed by atoms with E-state index in [-0.39, 0.29) is 0 Å². The fourth-order valence-corrected chi connectivity index (χ4v) is 3.73. The minimum atomic E-state index is 0.432. The number of aryl methyl sites for hydroxylation is 1. The van der Waals surface area contributed by atoms with Gasteiger partial charge in [-0.3, -0.25) is 5.10 Å². The van der Waals surface area contributed by atoms with E-state index >= 15 is 0 Å². The molecule has 0 amide bonds. The highest BCUT2D eigenvalue weighted by Crippen LogP contribution is 2.41. The van der Waals surface area contributed by atoms with E-state index in [1.54, 1.807) is 0 Å². The number of hydrogen-bond donors (Lipinski definition) is 3. The molecule has 4 nitrogen and oxygen atoms in total. The zero-order chi connectivity index (χ0) is 14.9. The molecule has 118 valence electrons. The molecule has 0 aromatic carbocycles. The topological polar surface area (TPSA) is 52.7 Å². The lowest BCUT2D eigenvalue weighted by Crippen LogP contribution is -2.36. The number of aromatic amines is 1. The van der Waals surface area contributed by atoms with Crippen molar-refractivity contribution in [1.29, 1.82) is 0 Å². The third-order valence-corrected chi connectivity index (χ3v) is 5.84. The van der Waals surface area contributed by atoms with E-state index in [1.165, 1.54) is 43.4 Å². The van der Waals surface area contributed by atoms with Gasteiger partial charge in [-0.1, -0.05) is 27.2 Å². The summed E-state index contributed by atoms with van der Waals surface area (Å²) in [5, 5.41) is 15.0. The Labute approximate surface area is 128 Å². The van der Waals surface area contributed by atoms with Crippen LogP contribution in [-0.4, -0.2) is 29.3 Å². The highest BCUT2D eigenvalue weighted by Gasteiger charge is 2.33. The van der Waals surface area contributed by atoms with Crippen molar-refractivity contribution in [1.82, 2.24) is 15.5 Å². The number of piperidine rings is 1. The van der Waals surface area contributed by atoms with Crippen LogP contribution in [0.2, 0.25) is 0 Å². The molecule has 1 aliphatic carbocycles. The first-order valence-corrected chi connectivity index (χ1v) is 8.63. The summed E-state index contributed by atoms with van der Waals surface area (Å²) >= 11 is 0. The average molecular weight is 290 g/mol. The Morgan fingerprint density at radius 2 is 2.00 bits per heavy atom. The van der Waals surface area contributed by atoms with E-state index in [4.69, 9.17) is 0 Å². The lowest BCUT2D eigenvalue weighted by Gasteiger charge is -2.36. The number of aromatic nitrogens is 2. The lowest BCUT2D eigenvalue weighted by atomic mass is 9.69. The summed E-state index contributed by atoms with van der Waals surface area (Å²) < 4.78 is 0. The molecule has 2 aliphatic rings. The van der Waals surface area contributed by atoms with Crippen molar-refractivity contribution >= 4 is 5.82 Å². The number of anilines is 1. The van der Waals surface area contributed by atoms with Crippen LogP contribution in [0.5, 0.6) is 0 Å². The fraction of sp³-hybridized carbons (Fsp3) is 0.824. The minimum absolute atomic E-state index is 0.432. The predicted molar refractivity (Wildman–Crippen MR) is 87.7 cm³/mol. The van der Waals surface area contributed by atoms with Crippen LogP contribution in [0.25, 0.3) is 0 Å². The summed E-state index contributed by atoms with van der Waals surface area (Å²) in [6.07, 6.45) is 7.28. The normalized spacial score (nSPS) is 23.9. The van der Waals surface area contributed by atoms with Gasteiger partial charge < -0.3 is 10.6 Å². The van der Waals surface area contributed by atoms with Gasteiger partial charge in [-0.2, -0.15) is 5.10 Å². The van der Waals surface area contributed by atoms with Crippen molar-refractivity contribution in [2.75, 3.05) is 18.4 Å². The van der Waals surface area contributed by atoms with Crippen LogP contribution in [0.4, 0.5) is 5.82 Å². The number of hydrogen-bond acceptors (Lipinski definition) is 3. The van der Waals surface area contributed by atoms with E-state index in [1.807, 2.05) is 0 Å². The van der Waals surface area contributed by atoms with Crippen molar-refractivity contribution < 1.29 is 0 Å². The van der Waals surface area contributed by atoms with E-state index in [0.29, 0.717) is 11.5 Å². The van der Waals surface area contributed by atoms with Gasteiger partial charge in [0.2, 0.25) is 0 Å². The van der Waals surface area contributed by atoms with Crippen molar-refractivity contribution in [2.45, 2.75) is 65.3 Å². The SMILES string of the molecule is CCC(C)(C)C1CCc2[nH]nc(NC3CCNCC3)c2C1. The molecule has 3 N–H and O–H groups in total. The second kappa shape index (κ2) is 5.99. The van der Waals surface area contributed by atoms with E-state index in [0.717, 1.165) is 31.2 Å². The summed E-state index contributed by atoms with van der Waals surface area (Å²) in [4.78, 5) is 0. The molecule has 3 rings (SSSR count). The molecular weight excluding hydrogens is 260 g/mol. The largest absolute Gasteiger partial charge is 0.366 e. The maximum atomic E-state index is 4.58. The predicted octanol–water partition coefficient (Wildman–Crippen LogP) is 3.11. The third-order valence-electron chi connectivity index (χ3n) is 5.84. The molecule has 0 spiro atoms. The number of H-pyrrole nitrogens is 1. The van der Waals surface area contributed by atoms with Crippen molar-refractivity contribution in [2.24, 2.45) is 11.3 Å². The van der Waals surface area contributed by atoms with Crippen molar-refractivity contribution in [3.05, 3.63) is 11.3 Å². The molecule has 1 unspecified atom stereocenters. The molecule has 1 fully saturated rings. The summed E-state index contributed by atoms with van der Waals surface area (Å²) in [7, 11) is 0. The quantitative estimate of drug-likeness (QED) is 0.798. The zero-order valence-electron chi connectivity index (χ0n) is 13.8. The second-order valence-electron chi connectivity index (χ2n) is 7.48. The van der Waals surface area contributed by atoms with Gasteiger partial charge in [-0.15, -0.1) is 0 Å². The maximum Gasteiger partial charge on any atom is 0.151 e. The van der Waals surface area contributed by atoms with Crippen LogP contribution in [0.1, 0.15) is 57.7 Å². The van der Waals surface area contributed by atoms with Gasteiger partial charge in [0, 0.05) is 17.3 Å². The monoisotopic (exact) mass is 290 g/mol. The van der Waals surface area contributed by atoms with Crippen LogP contribution < -0.4 is 10.6 Å². The Balaban J connectivity index is 1.73. The molecule has 1 aromatic rings. The maximum absolute atomic E-state index is 4.58. The minimum Gasteiger partial charge on any atom is -0.366 e. The van der Waals surface area contributed by atoms with Gasteiger partial charge in [0.1, 0.15) is 0 Å². The van der Waals surface area contributed by atoms with Gasteiger partial charge >= 0.3 is 0 Å². The molecule has 0 radical (unpaired) electrons. The first-order valence-electron chi connectivity index (χ1n) is 8.63. The van der Waals surface area contributed by atoms with Gasteiger partial charge in [0.15, 0.2) is 5.82 Å². The number of rotatable bonds is 4. The van der Waals surface area contributed by atoms with E-state index < -0.39 is 0 Å². The van der Waals surface area contributed by atoms with Gasteiger partial charge in [-0.05, 0) is 56.5 Å². The Hall–Kier alpha value is -1.03. The van der Waals surface area contributed by atoms with Crippen molar-refractivity contribution in [3.63, 3.8) is 0 Å². The molecule has 0 saturated carbocycles. The molecule has 1 aliphatic heterocycles. The highest BCUT2D eigenvalue weighted by atomic mass is 15.2. The second-order valence-corrected chi connectivity index (χ2v) is 7.48. The van der Waals surface area contributed by atoms with E-state index in [9.17, 15) is 0 Å². The highest BCUT2D eigenvalue weighted by molar-refractivity contribution is 5.48. The first-order chi connectivity index (χ1) is 10.1. The number of nitrogens with zero attached hydrogens (tertiary/aromatic N) is 1. The average Bonchev–Trinajstić information content (AvgIpc) is 2.91. The van der Waals surface area contributed by atoms with Crippen LogP contribution in [-0.2, 0) is 12.8 Å². The van der Waals surface area contributed by atoms with Crippen LogP contribution in [0, 0.1) is 11.3 Å². The fourth-order valence-electron chi connectivity index (χ4n) is 3.73. The molecule has 4 heteroatoms. The Kier molecular flexibility index (Phi) is 4.25. The molecule has 1 aromatic heterocycles. The molecule has 1 atom stereocenters. The standard InChI is InChI=1S/C17H30N4/c1-4-17(2,3)12-5-6-15-14(11-12)16(21-20-15)19-13-7-9-18-10-8-13/h12-13,18H,4-11H2,1-3H3,(H2,19,20,21). The summed E-state index contributed by atoms with van der Waals surface area (Å²) in [6.45, 7) is 9.40. The smallest absolute Gasteiger partial charge is 0.151 e. The lowest BCUT2D eigenvalue weighted by molar-refractivity contribution is 0.182. The van der Waals surface area contributed by atoms with Crippen LogP contribution >= 0.6 is 0 Å². The summed E-state index contributed by atoms with van der Waals surface area (Å²) in [5.74, 6) is 1.91. The molecule has 2 heterocycles. The van der Waals surface area contributed by atoms with Gasteiger partial charge in [0.05, 0.1) is 0 Å². The molecule has 0 bridgehead atoms. The molecular formula is C17H30N4. The summed E-state index contributed by atoms with van der Waals surface area (Å²) in [5.41, 5.74) is 3.27. The molecule has 21 heavy (non-hydrogen) atoms. The Bertz CT molecular complexity index is 471. The zero-order valence-corrected chi connectivity index (χ0v) is 13.8. The van der Waals surface area contributed by atoms with Crippen molar-refractivity contribution in [3.8, 4) is 0 Å². The Morgan fingerprint density at radius 3 is 2.71 bits per heavy atom. The Morgan fingerprint density at radius 1 is 1.24 bits per heavy atom.